The van der Waals surface area contributed by atoms with Crippen LogP contribution in [-0.4, -0.2) is 9.55 Å². The normalized spacial score (nSPS) is 10.9. The second-order valence-electron chi connectivity index (χ2n) is 5.21. The van der Waals surface area contributed by atoms with Gasteiger partial charge in [0.25, 0.3) is 0 Å². The number of imidazole rings is 1. The molecule has 0 aliphatic heterocycles. The maximum Gasteiger partial charge on any atom is 0.115 e. The van der Waals surface area contributed by atoms with Gasteiger partial charge < -0.3 is 4.57 Å². The molecule has 122 valence electrons. The molecule has 0 spiro atoms. The van der Waals surface area contributed by atoms with Gasteiger partial charge in [-0.05, 0) is 36.6 Å². The summed E-state index contributed by atoms with van der Waals surface area (Å²) in [5.74, 6) is 1.02. The highest BCUT2D eigenvalue weighted by atomic mass is 35.5. The summed E-state index contributed by atoms with van der Waals surface area (Å²) >= 11 is 13.8. The van der Waals surface area contributed by atoms with Gasteiger partial charge in [0.2, 0.25) is 0 Å². The van der Waals surface area contributed by atoms with E-state index in [9.17, 15) is 0 Å². The quantitative estimate of drug-likeness (QED) is 0.340. The van der Waals surface area contributed by atoms with Gasteiger partial charge in [-0.3, -0.25) is 0 Å². The summed E-state index contributed by atoms with van der Waals surface area (Å²) in [5, 5.41) is 5.88. The molecule has 0 saturated carbocycles. The van der Waals surface area contributed by atoms with Crippen LogP contribution in [0, 0.1) is 0 Å². The van der Waals surface area contributed by atoms with E-state index >= 15 is 0 Å². The number of aromatic nitrogens is 2. The monoisotopic (exact) mass is 369 g/mol. The van der Waals surface area contributed by atoms with Crippen molar-refractivity contribution < 1.29 is 0 Å². The van der Waals surface area contributed by atoms with Crippen LogP contribution in [0.3, 0.4) is 0 Å². The maximum atomic E-state index is 8.56. The van der Waals surface area contributed by atoms with Crippen LogP contribution in [0.25, 0.3) is 10.4 Å². The fourth-order valence-electron chi connectivity index (χ4n) is 2.23. The molecule has 0 aliphatic carbocycles. The van der Waals surface area contributed by atoms with Gasteiger partial charge in [-0.2, -0.15) is 0 Å². The van der Waals surface area contributed by atoms with Crippen LogP contribution in [0.2, 0.25) is 10.0 Å². The molecule has 0 saturated heterocycles. The molecule has 1 aromatic carbocycles. The smallest absolute Gasteiger partial charge is 0.115 e. The highest BCUT2D eigenvalue weighted by molar-refractivity contribution is 7.99. The molecule has 0 unspecified atom stereocenters. The van der Waals surface area contributed by atoms with Gasteiger partial charge in [0, 0.05) is 26.4 Å². The maximum absolute atomic E-state index is 8.56. The molecule has 0 radical (unpaired) electrons. The van der Waals surface area contributed by atoms with Crippen molar-refractivity contribution in [1.82, 2.24) is 9.55 Å². The molecule has 0 bridgehead atoms. The lowest BCUT2D eigenvalue weighted by Crippen LogP contribution is -2.02. The summed E-state index contributed by atoms with van der Waals surface area (Å²) in [6.45, 7) is 7.21. The van der Waals surface area contributed by atoms with E-state index in [1.54, 1.807) is 17.8 Å². The number of hydrogen-bond donors (Lipinski definition) is 0. The SMILES string of the molecule is CCn1c(CN=[N+]=[N-])nc(C(C)C)c1Sc1cc(Cl)cc(Cl)c1. The van der Waals surface area contributed by atoms with Crippen molar-refractivity contribution in [2.45, 2.75) is 49.7 Å². The number of nitrogens with zero attached hydrogens (tertiary/aromatic N) is 5. The van der Waals surface area contributed by atoms with E-state index in [0.717, 1.165) is 28.0 Å². The van der Waals surface area contributed by atoms with Crippen molar-refractivity contribution >= 4 is 35.0 Å². The minimum absolute atomic E-state index is 0.237. The minimum atomic E-state index is 0.237. The first kappa shape index (κ1) is 18.0. The zero-order chi connectivity index (χ0) is 17.0. The van der Waals surface area contributed by atoms with Gasteiger partial charge in [-0.25, -0.2) is 4.98 Å². The Kier molecular flexibility index (Phi) is 6.25. The molecule has 2 aromatic rings. The summed E-state index contributed by atoms with van der Waals surface area (Å²) in [6.07, 6.45) is 0. The first-order chi connectivity index (χ1) is 11.0. The van der Waals surface area contributed by atoms with E-state index in [1.807, 2.05) is 19.1 Å². The Bertz CT molecular complexity index is 730. The number of azide groups is 1. The van der Waals surface area contributed by atoms with E-state index in [-0.39, 0.29) is 12.5 Å². The molecule has 0 atom stereocenters. The van der Waals surface area contributed by atoms with E-state index in [4.69, 9.17) is 28.7 Å². The molecule has 23 heavy (non-hydrogen) atoms. The Hall–Kier alpha value is -1.33. The average molecular weight is 370 g/mol. The van der Waals surface area contributed by atoms with Crippen LogP contribution in [-0.2, 0) is 13.1 Å². The van der Waals surface area contributed by atoms with E-state index < -0.39 is 0 Å². The lowest BCUT2D eigenvalue weighted by Gasteiger charge is -2.11. The zero-order valence-electron chi connectivity index (χ0n) is 13.1. The summed E-state index contributed by atoms with van der Waals surface area (Å²) in [5.41, 5.74) is 9.54. The Labute approximate surface area is 149 Å². The Morgan fingerprint density at radius 2 is 1.96 bits per heavy atom. The van der Waals surface area contributed by atoms with Crippen molar-refractivity contribution in [3.63, 3.8) is 0 Å². The molecular formula is C15H17Cl2N5S. The summed E-state index contributed by atoms with van der Waals surface area (Å²) in [6, 6.07) is 5.46. The second kappa shape index (κ2) is 7.97. The van der Waals surface area contributed by atoms with Crippen molar-refractivity contribution in [1.29, 1.82) is 0 Å². The lowest BCUT2D eigenvalue weighted by atomic mass is 10.1. The zero-order valence-corrected chi connectivity index (χ0v) is 15.5. The topological polar surface area (TPSA) is 66.6 Å². The van der Waals surface area contributed by atoms with Gasteiger partial charge in [0.15, 0.2) is 0 Å². The molecule has 5 nitrogen and oxygen atoms in total. The third-order valence-electron chi connectivity index (χ3n) is 3.21. The van der Waals surface area contributed by atoms with Gasteiger partial charge in [0.1, 0.15) is 10.9 Å². The Balaban J connectivity index is 2.49. The third kappa shape index (κ3) is 4.36. The van der Waals surface area contributed by atoms with Crippen molar-refractivity contribution in [2.75, 3.05) is 0 Å². The summed E-state index contributed by atoms with van der Waals surface area (Å²) < 4.78 is 2.07. The molecule has 1 heterocycles. The van der Waals surface area contributed by atoms with Crippen LogP contribution in [0.5, 0.6) is 0 Å². The van der Waals surface area contributed by atoms with Crippen LogP contribution in [0.1, 0.15) is 38.2 Å². The number of rotatable bonds is 6. The molecule has 0 N–H and O–H groups in total. The number of hydrogen-bond acceptors (Lipinski definition) is 3. The minimum Gasteiger partial charge on any atom is -0.323 e. The highest BCUT2D eigenvalue weighted by Crippen LogP contribution is 2.37. The van der Waals surface area contributed by atoms with Crippen LogP contribution in [0.15, 0.2) is 33.2 Å². The molecule has 1 aromatic heterocycles. The van der Waals surface area contributed by atoms with Gasteiger partial charge in [-0.15, -0.1) is 0 Å². The predicted molar refractivity (Wildman–Crippen MR) is 95.4 cm³/mol. The van der Waals surface area contributed by atoms with Gasteiger partial charge >= 0.3 is 0 Å². The van der Waals surface area contributed by atoms with E-state index in [1.165, 1.54) is 0 Å². The molecular weight excluding hydrogens is 353 g/mol. The molecule has 0 amide bonds. The van der Waals surface area contributed by atoms with Crippen LogP contribution >= 0.6 is 35.0 Å². The highest BCUT2D eigenvalue weighted by Gasteiger charge is 2.19. The third-order valence-corrected chi connectivity index (χ3v) is 4.75. The second-order valence-corrected chi connectivity index (χ2v) is 7.15. The Morgan fingerprint density at radius 1 is 1.30 bits per heavy atom. The van der Waals surface area contributed by atoms with Crippen molar-refractivity contribution in [3.05, 3.63) is 50.2 Å². The predicted octanol–water partition coefficient (Wildman–Crippen LogP) is 6.29. The largest absolute Gasteiger partial charge is 0.323 e. The van der Waals surface area contributed by atoms with Crippen molar-refractivity contribution in [3.8, 4) is 0 Å². The fraction of sp³-hybridized carbons (Fsp3) is 0.400. The lowest BCUT2D eigenvalue weighted by molar-refractivity contribution is 0.644. The summed E-state index contributed by atoms with van der Waals surface area (Å²) in [4.78, 5) is 8.45. The Morgan fingerprint density at radius 3 is 2.48 bits per heavy atom. The average Bonchev–Trinajstić information content (AvgIpc) is 2.81. The molecule has 2 rings (SSSR count). The van der Waals surface area contributed by atoms with Crippen molar-refractivity contribution in [2.24, 2.45) is 5.11 Å². The van der Waals surface area contributed by atoms with Crippen LogP contribution < -0.4 is 0 Å². The number of benzene rings is 1. The van der Waals surface area contributed by atoms with Gasteiger partial charge in [-0.1, -0.05) is 53.9 Å². The number of halogens is 2. The van der Waals surface area contributed by atoms with E-state index in [2.05, 4.69) is 33.4 Å². The molecule has 0 aliphatic rings. The van der Waals surface area contributed by atoms with Gasteiger partial charge in [0.05, 0.1) is 12.2 Å². The molecule has 8 heteroatoms. The molecule has 0 fully saturated rings. The standard InChI is InChI=1S/C15H17Cl2N5S/c1-4-22-13(8-19-21-18)20-14(9(2)3)15(22)23-12-6-10(16)5-11(17)7-12/h5-7,9H,4,8H2,1-3H3. The first-order valence-corrected chi connectivity index (χ1v) is 8.77. The summed E-state index contributed by atoms with van der Waals surface area (Å²) in [7, 11) is 0. The van der Waals surface area contributed by atoms with Crippen LogP contribution in [0.4, 0.5) is 0 Å². The fourth-order valence-corrected chi connectivity index (χ4v) is 4.21. The first-order valence-electron chi connectivity index (χ1n) is 7.20. The van der Waals surface area contributed by atoms with E-state index in [0.29, 0.717) is 10.0 Å².